The van der Waals surface area contributed by atoms with Crippen LogP contribution in [-0.2, 0) is 16.6 Å². The zero-order valence-electron chi connectivity index (χ0n) is 11.8. The normalized spacial score (nSPS) is 11.6. The number of hydrogen-bond donors (Lipinski definition) is 2. The van der Waals surface area contributed by atoms with Gasteiger partial charge in [-0.15, -0.1) is 0 Å². The number of nitrogen functional groups attached to an aromatic ring is 1. The Kier molecular flexibility index (Phi) is 4.43. The van der Waals surface area contributed by atoms with Crippen molar-refractivity contribution in [1.82, 2.24) is 9.78 Å². The molecule has 0 unspecified atom stereocenters. The van der Waals surface area contributed by atoms with Gasteiger partial charge in [0.2, 0.25) is 0 Å². The van der Waals surface area contributed by atoms with Crippen molar-refractivity contribution in [3.63, 3.8) is 0 Å². The molecule has 0 bridgehead atoms. The van der Waals surface area contributed by atoms with E-state index in [1.165, 1.54) is 10.9 Å². The van der Waals surface area contributed by atoms with Crippen molar-refractivity contribution in [1.29, 1.82) is 0 Å². The van der Waals surface area contributed by atoms with Gasteiger partial charge in [-0.2, -0.15) is 5.10 Å². The number of nitrogens with two attached hydrogens (primary N) is 1. The topological polar surface area (TPSA) is 90.0 Å². The molecule has 0 fully saturated rings. The van der Waals surface area contributed by atoms with E-state index in [1.807, 2.05) is 6.92 Å². The molecule has 21 heavy (non-hydrogen) atoms. The predicted molar refractivity (Wildman–Crippen MR) is 83.9 cm³/mol. The molecule has 0 atom stereocenters. The molecule has 114 valence electrons. The fourth-order valence-corrected chi connectivity index (χ4v) is 3.24. The lowest BCUT2D eigenvalue weighted by Gasteiger charge is -2.10. The molecule has 0 aliphatic rings. The van der Waals surface area contributed by atoms with Crippen molar-refractivity contribution in [3.8, 4) is 0 Å². The summed E-state index contributed by atoms with van der Waals surface area (Å²) in [7, 11) is -3.80. The first-order valence-corrected chi connectivity index (χ1v) is 8.31. The van der Waals surface area contributed by atoms with Crippen molar-refractivity contribution in [2.45, 2.75) is 31.7 Å². The molecular weight excluding hydrogens is 312 g/mol. The van der Waals surface area contributed by atoms with Crippen molar-refractivity contribution < 1.29 is 8.42 Å². The highest BCUT2D eigenvalue weighted by atomic mass is 35.5. The lowest BCUT2D eigenvalue weighted by molar-refractivity contribution is 0.595. The van der Waals surface area contributed by atoms with E-state index in [4.69, 9.17) is 17.3 Å². The maximum absolute atomic E-state index is 12.4. The number of aromatic nitrogens is 2. The molecule has 1 aromatic carbocycles. The molecule has 1 aromatic heterocycles. The monoisotopic (exact) mass is 328 g/mol. The summed E-state index contributed by atoms with van der Waals surface area (Å²) in [5.74, 6) is -0.0179. The summed E-state index contributed by atoms with van der Waals surface area (Å²) in [6.45, 7) is 4.37. The summed E-state index contributed by atoms with van der Waals surface area (Å²) < 4.78 is 28.8. The summed E-state index contributed by atoms with van der Waals surface area (Å²) in [5, 5.41) is 4.45. The number of rotatable bonds is 5. The molecule has 0 saturated heterocycles. The van der Waals surface area contributed by atoms with Crippen LogP contribution in [0.15, 0.2) is 29.3 Å². The smallest absolute Gasteiger partial charge is 0.267 e. The number of aryl methyl sites for hydroxylation is 2. The minimum Gasteiger partial charge on any atom is -0.381 e. The Hall–Kier alpha value is -1.73. The van der Waals surface area contributed by atoms with E-state index in [0.717, 1.165) is 12.0 Å². The molecule has 8 heteroatoms. The first-order chi connectivity index (χ1) is 9.83. The second-order valence-corrected chi connectivity index (χ2v) is 6.79. The highest BCUT2D eigenvalue weighted by molar-refractivity contribution is 7.92. The van der Waals surface area contributed by atoms with Gasteiger partial charge in [-0.25, -0.2) is 8.42 Å². The molecule has 0 spiro atoms. The van der Waals surface area contributed by atoms with Gasteiger partial charge in [-0.3, -0.25) is 9.40 Å². The van der Waals surface area contributed by atoms with Gasteiger partial charge >= 0.3 is 0 Å². The van der Waals surface area contributed by atoms with E-state index in [-0.39, 0.29) is 10.7 Å². The molecule has 0 radical (unpaired) electrons. The average molecular weight is 329 g/mol. The largest absolute Gasteiger partial charge is 0.381 e. The number of nitrogens with one attached hydrogen (secondary N) is 1. The fourth-order valence-electron chi connectivity index (χ4n) is 1.87. The molecular formula is C13H17ClN4O2S. The molecule has 2 rings (SSSR count). The minimum atomic E-state index is -3.80. The first-order valence-electron chi connectivity index (χ1n) is 6.45. The van der Waals surface area contributed by atoms with Crippen LogP contribution in [0.1, 0.15) is 18.9 Å². The maximum Gasteiger partial charge on any atom is 0.267 e. The van der Waals surface area contributed by atoms with Crippen LogP contribution in [-0.4, -0.2) is 18.2 Å². The second kappa shape index (κ2) is 5.95. The molecule has 2 aromatic rings. The zero-order chi connectivity index (χ0) is 15.6. The van der Waals surface area contributed by atoms with E-state index in [1.54, 1.807) is 25.1 Å². The van der Waals surface area contributed by atoms with Gasteiger partial charge in [0.15, 0.2) is 5.82 Å². The average Bonchev–Trinajstić information content (AvgIpc) is 2.76. The van der Waals surface area contributed by atoms with Crippen LogP contribution in [0.5, 0.6) is 0 Å². The molecule has 0 amide bonds. The van der Waals surface area contributed by atoms with Crippen LogP contribution in [0.25, 0.3) is 0 Å². The van der Waals surface area contributed by atoms with Crippen LogP contribution in [0.2, 0.25) is 5.02 Å². The Morgan fingerprint density at radius 3 is 2.81 bits per heavy atom. The van der Waals surface area contributed by atoms with Gasteiger partial charge in [0.25, 0.3) is 10.0 Å². The van der Waals surface area contributed by atoms with Gasteiger partial charge in [-0.05, 0) is 31.0 Å². The van der Waals surface area contributed by atoms with Gasteiger partial charge in [0.05, 0.1) is 5.69 Å². The number of halogens is 1. The second-order valence-electron chi connectivity index (χ2n) is 4.71. The third kappa shape index (κ3) is 3.48. The van der Waals surface area contributed by atoms with E-state index >= 15 is 0 Å². The first kappa shape index (κ1) is 15.7. The van der Waals surface area contributed by atoms with Crippen molar-refractivity contribution in [3.05, 3.63) is 35.0 Å². The SMILES string of the molecule is CCCn1cc(S(=O)(=O)Nc2cc(Cl)ccc2C)c(N)n1. The number of benzene rings is 1. The van der Waals surface area contributed by atoms with Gasteiger partial charge in [-0.1, -0.05) is 24.6 Å². The summed E-state index contributed by atoms with van der Waals surface area (Å²) in [6, 6.07) is 4.99. The number of nitrogens with zero attached hydrogens (tertiary/aromatic N) is 2. The predicted octanol–water partition coefficient (Wildman–Crippen LogP) is 2.64. The van der Waals surface area contributed by atoms with Crippen LogP contribution >= 0.6 is 11.6 Å². The van der Waals surface area contributed by atoms with E-state index in [9.17, 15) is 8.42 Å². The van der Waals surface area contributed by atoms with Crippen molar-refractivity contribution in [2.24, 2.45) is 0 Å². The number of sulfonamides is 1. The molecule has 0 aliphatic carbocycles. The van der Waals surface area contributed by atoms with Gasteiger partial charge < -0.3 is 5.73 Å². The van der Waals surface area contributed by atoms with Crippen LogP contribution in [0.3, 0.4) is 0 Å². The van der Waals surface area contributed by atoms with Crippen molar-refractivity contribution in [2.75, 3.05) is 10.5 Å². The summed E-state index contributed by atoms with van der Waals surface area (Å²) >= 11 is 5.89. The van der Waals surface area contributed by atoms with Crippen molar-refractivity contribution >= 4 is 33.1 Å². The standard InChI is InChI=1S/C13H17ClN4O2S/c1-3-6-18-8-12(13(15)16-18)21(19,20)17-11-7-10(14)5-4-9(11)2/h4-5,7-8,17H,3,6H2,1-2H3,(H2,15,16). The minimum absolute atomic E-state index is 0.0179. The third-order valence-electron chi connectivity index (χ3n) is 2.94. The Bertz CT molecular complexity index is 756. The quantitative estimate of drug-likeness (QED) is 0.882. The Morgan fingerprint density at radius 2 is 2.14 bits per heavy atom. The van der Waals surface area contributed by atoms with E-state index in [2.05, 4.69) is 9.82 Å². The zero-order valence-corrected chi connectivity index (χ0v) is 13.4. The van der Waals surface area contributed by atoms with Crippen LogP contribution < -0.4 is 10.5 Å². The van der Waals surface area contributed by atoms with E-state index in [0.29, 0.717) is 17.3 Å². The Balaban J connectivity index is 2.36. The molecule has 0 saturated carbocycles. The van der Waals surface area contributed by atoms with Crippen LogP contribution in [0.4, 0.5) is 11.5 Å². The summed E-state index contributed by atoms with van der Waals surface area (Å²) in [5.41, 5.74) is 6.89. The molecule has 3 N–H and O–H groups in total. The van der Waals surface area contributed by atoms with Gasteiger partial charge in [0, 0.05) is 17.8 Å². The molecule has 6 nitrogen and oxygen atoms in total. The highest BCUT2D eigenvalue weighted by Gasteiger charge is 2.22. The lowest BCUT2D eigenvalue weighted by Crippen LogP contribution is -2.14. The highest BCUT2D eigenvalue weighted by Crippen LogP contribution is 2.25. The Morgan fingerprint density at radius 1 is 1.43 bits per heavy atom. The summed E-state index contributed by atoms with van der Waals surface area (Å²) in [6.07, 6.45) is 2.27. The third-order valence-corrected chi connectivity index (χ3v) is 4.56. The molecule has 0 aliphatic heterocycles. The number of hydrogen-bond acceptors (Lipinski definition) is 4. The maximum atomic E-state index is 12.4. The lowest BCUT2D eigenvalue weighted by atomic mass is 10.2. The van der Waals surface area contributed by atoms with E-state index < -0.39 is 10.0 Å². The fraction of sp³-hybridized carbons (Fsp3) is 0.308. The number of anilines is 2. The Labute approximate surface area is 129 Å². The van der Waals surface area contributed by atoms with Gasteiger partial charge in [0.1, 0.15) is 4.90 Å². The summed E-state index contributed by atoms with van der Waals surface area (Å²) in [4.78, 5) is -0.0321. The molecule has 1 heterocycles. The van der Waals surface area contributed by atoms with Crippen LogP contribution in [0, 0.1) is 6.92 Å².